The zero-order valence-corrected chi connectivity index (χ0v) is 7.93. The lowest BCUT2D eigenvalue weighted by Crippen LogP contribution is -2.02. The Morgan fingerprint density at radius 1 is 1.14 bits per heavy atom. The van der Waals surface area contributed by atoms with Crippen molar-refractivity contribution in [1.29, 1.82) is 0 Å². The first-order valence-corrected chi connectivity index (χ1v) is 4.49. The van der Waals surface area contributed by atoms with Crippen molar-refractivity contribution in [2.24, 2.45) is 5.73 Å². The van der Waals surface area contributed by atoms with Crippen LogP contribution in [-0.2, 0) is 0 Å². The molecule has 0 aliphatic rings. The lowest BCUT2D eigenvalue weighted by molar-refractivity contribution is 0.306. The Kier molecular flexibility index (Phi) is 4.61. The van der Waals surface area contributed by atoms with E-state index in [1.165, 1.54) is 5.39 Å². The first kappa shape index (κ1) is 10.6. The van der Waals surface area contributed by atoms with Gasteiger partial charge < -0.3 is 10.8 Å². The lowest BCUT2D eigenvalue weighted by atomic mass is 10.2. The molecule has 0 fully saturated rings. The third-order valence-electron chi connectivity index (χ3n) is 1.64. The molecule has 74 valence electrons. The summed E-state index contributed by atoms with van der Waals surface area (Å²) < 4.78 is 0. The van der Waals surface area contributed by atoms with Crippen LogP contribution < -0.4 is 5.73 Å². The average molecular weight is 190 g/mol. The molecule has 1 aromatic carbocycles. The number of fused-ring (bicyclic) bond motifs is 1. The lowest BCUT2D eigenvalue weighted by Gasteiger charge is -1.91. The SMILES string of the molecule is NCCO.c1ccc2ncccc2c1. The van der Waals surface area contributed by atoms with E-state index in [0.717, 1.165) is 5.52 Å². The maximum absolute atomic E-state index is 7.75. The molecule has 0 spiro atoms. The Bertz CT molecular complexity index is 309. The Morgan fingerprint density at radius 3 is 2.43 bits per heavy atom. The summed E-state index contributed by atoms with van der Waals surface area (Å²) in [5.41, 5.74) is 5.84. The van der Waals surface area contributed by atoms with Crippen molar-refractivity contribution in [3.05, 3.63) is 42.6 Å². The molecule has 3 heteroatoms. The monoisotopic (exact) mass is 190 g/mol. The van der Waals surface area contributed by atoms with Crippen molar-refractivity contribution < 1.29 is 5.11 Å². The normalized spacial score (nSPS) is 9.29. The number of nitrogens with zero attached hydrogens (tertiary/aromatic N) is 1. The van der Waals surface area contributed by atoms with Gasteiger partial charge in [0.05, 0.1) is 12.1 Å². The molecule has 2 rings (SSSR count). The smallest absolute Gasteiger partial charge is 0.0701 e. The van der Waals surface area contributed by atoms with Crippen LogP contribution in [0.25, 0.3) is 10.9 Å². The summed E-state index contributed by atoms with van der Waals surface area (Å²) in [6.07, 6.45) is 1.81. The molecule has 0 bridgehead atoms. The molecular weight excluding hydrogens is 176 g/mol. The molecule has 0 aliphatic heterocycles. The molecule has 1 heterocycles. The van der Waals surface area contributed by atoms with E-state index in [4.69, 9.17) is 10.8 Å². The molecule has 0 radical (unpaired) electrons. The summed E-state index contributed by atoms with van der Waals surface area (Å²) in [5, 5.41) is 8.95. The largest absolute Gasteiger partial charge is 0.395 e. The van der Waals surface area contributed by atoms with E-state index in [1.54, 1.807) is 0 Å². The maximum Gasteiger partial charge on any atom is 0.0701 e. The van der Waals surface area contributed by atoms with E-state index in [2.05, 4.69) is 17.1 Å². The van der Waals surface area contributed by atoms with Gasteiger partial charge in [-0.3, -0.25) is 4.98 Å². The second kappa shape index (κ2) is 6.07. The highest BCUT2D eigenvalue weighted by molar-refractivity contribution is 5.77. The molecule has 0 amide bonds. The van der Waals surface area contributed by atoms with Gasteiger partial charge in [-0.05, 0) is 12.1 Å². The first-order chi connectivity index (χ1) is 6.88. The summed E-state index contributed by atoms with van der Waals surface area (Å²) in [6.45, 7) is 0.472. The van der Waals surface area contributed by atoms with Crippen LogP contribution in [0.4, 0.5) is 0 Å². The fourth-order valence-electron chi connectivity index (χ4n) is 1.02. The minimum atomic E-state index is 0.0972. The number of rotatable bonds is 1. The number of benzene rings is 1. The molecule has 0 saturated heterocycles. The molecule has 14 heavy (non-hydrogen) atoms. The maximum atomic E-state index is 7.75. The molecule has 3 nitrogen and oxygen atoms in total. The van der Waals surface area contributed by atoms with Gasteiger partial charge in [0.2, 0.25) is 0 Å². The number of nitrogens with two attached hydrogens (primary N) is 1. The van der Waals surface area contributed by atoms with Crippen LogP contribution in [0, 0.1) is 0 Å². The van der Waals surface area contributed by atoms with E-state index in [1.807, 2.05) is 30.5 Å². The number of para-hydroxylation sites is 1. The van der Waals surface area contributed by atoms with Gasteiger partial charge in [-0.1, -0.05) is 24.3 Å². The van der Waals surface area contributed by atoms with Crippen molar-refractivity contribution in [3.63, 3.8) is 0 Å². The van der Waals surface area contributed by atoms with Gasteiger partial charge in [0, 0.05) is 18.1 Å². The summed E-state index contributed by atoms with van der Waals surface area (Å²) in [4.78, 5) is 4.18. The van der Waals surface area contributed by atoms with E-state index in [-0.39, 0.29) is 6.61 Å². The van der Waals surface area contributed by atoms with Crippen molar-refractivity contribution in [3.8, 4) is 0 Å². The average Bonchev–Trinajstić information content (AvgIpc) is 2.30. The van der Waals surface area contributed by atoms with E-state index < -0.39 is 0 Å². The van der Waals surface area contributed by atoms with Gasteiger partial charge in [-0.2, -0.15) is 0 Å². The van der Waals surface area contributed by atoms with Crippen molar-refractivity contribution in [2.45, 2.75) is 0 Å². The van der Waals surface area contributed by atoms with Gasteiger partial charge in [-0.15, -0.1) is 0 Å². The zero-order chi connectivity index (χ0) is 10.2. The summed E-state index contributed by atoms with van der Waals surface area (Å²) in [6, 6.07) is 12.1. The molecule has 3 N–H and O–H groups in total. The second-order valence-electron chi connectivity index (χ2n) is 2.71. The van der Waals surface area contributed by atoms with Gasteiger partial charge in [-0.25, -0.2) is 0 Å². The fraction of sp³-hybridized carbons (Fsp3) is 0.182. The number of aliphatic hydroxyl groups is 1. The predicted molar refractivity (Wildman–Crippen MR) is 57.9 cm³/mol. The zero-order valence-electron chi connectivity index (χ0n) is 7.93. The molecule has 1 aromatic heterocycles. The van der Waals surface area contributed by atoms with Crippen molar-refractivity contribution in [2.75, 3.05) is 13.2 Å². The standard InChI is InChI=1S/C9H7N.C2H7NO/c1-2-6-9-8(4-1)5-3-7-10-9;3-1-2-4/h1-7H;4H,1-3H2. The fourth-order valence-corrected chi connectivity index (χ4v) is 1.02. The Labute approximate surface area is 83.2 Å². The molecule has 0 atom stereocenters. The van der Waals surface area contributed by atoms with Crippen molar-refractivity contribution >= 4 is 10.9 Å². The minimum Gasteiger partial charge on any atom is -0.395 e. The van der Waals surface area contributed by atoms with E-state index >= 15 is 0 Å². The van der Waals surface area contributed by atoms with Crippen LogP contribution in [0.3, 0.4) is 0 Å². The topological polar surface area (TPSA) is 59.1 Å². The number of hydrogen-bond acceptors (Lipinski definition) is 3. The molecule has 0 aliphatic carbocycles. The van der Waals surface area contributed by atoms with Gasteiger partial charge in [0.1, 0.15) is 0 Å². The van der Waals surface area contributed by atoms with Crippen LogP contribution in [0.2, 0.25) is 0 Å². The van der Waals surface area contributed by atoms with Gasteiger partial charge in [0.25, 0.3) is 0 Å². The third-order valence-corrected chi connectivity index (χ3v) is 1.64. The summed E-state index contributed by atoms with van der Waals surface area (Å²) >= 11 is 0. The van der Waals surface area contributed by atoms with Gasteiger partial charge in [0.15, 0.2) is 0 Å². The van der Waals surface area contributed by atoms with Crippen LogP contribution >= 0.6 is 0 Å². The third kappa shape index (κ3) is 3.12. The van der Waals surface area contributed by atoms with Crippen LogP contribution in [-0.4, -0.2) is 23.2 Å². The second-order valence-corrected chi connectivity index (χ2v) is 2.71. The van der Waals surface area contributed by atoms with E-state index in [0.29, 0.717) is 6.54 Å². The van der Waals surface area contributed by atoms with Crippen LogP contribution in [0.1, 0.15) is 0 Å². The molecule has 0 unspecified atom stereocenters. The highest BCUT2D eigenvalue weighted by Gasteiger charge is 1.86. The summed E-state index contributed by atoms with van der Waals surface area (Å²) in [5.74, 6) is 0. The number of aromatic nitrogens is 1. The predicted octanol–water partition coefficient (Wildman–Crippen LogP) is 1.17. The van der Waals surface area contributed by atoms with Crippen LogP contribution in [0.5, 0.6) is 0 Å². The van der Waals surface area contributed by atoms with Crippen LogP contribution in [0.15, 0.2) is 42.6 Å². The molecule has 2 aromatic rings. The van der Waals surface area contributed by atoms with E-state index in [9.17, 15) is 0 Å². The number of pyridine rings is 1. The Hall–Kier alpha value is -1.45. The Morgan fingerprint density at radius 2 is 1.79 bits per heavy atom. The molecule has 0 saturated carbocycles. The quantitative estimate of drug-likeness (QED) is 0.709. The summed E-state index contributed by atoms with van der Waals surface area (Å²) in [7, 11) is 0. The highest BCUT2D eigenvalue weighted by Crippen LogP contribution is 2.07. The van der Waals surface area contributed by atoms with Gasteiger partial charge >= 0.3 is 0 Å². The number of aliphatic hydroxyl groups excluding tert-OH is 1. The first-order valence-electron chi connectivity index (χ1n) is 4.49. The minimum absolute atomic E-state index is 0.0972. The highest BCUT2D eigenvalue weighted by atomic mass is 16.3. The number of hydrogen-bond donors (Lipinski definition) is 2. The van der Waals surface area contributed by atoms with Crippen molar-refractivity contribution in [1.82, 2.24) is 4.98 Å². The molecular formula is C11H14N2O. The Balaban J connectivity index is 0.000000213.